The van der Waals surface area contributed by atoms with Gasteiger partial charge < -0.3 is 4.98 Å². The lowest BCUT2D eigenvalue weighted by atomic mass is 10.1. The van der Waals surface area contributed by atoms with E-state index in [-0.39, 0.29) is 5.82 Å². The first-order valence-corrected chi connectivity index (χ1v) is 6.81. The number of rotatable bonds is 2. The minimum atomic E-state index is -0.175. The van der Waals surface area contributed by atoms with Crippen LogP contribution in [-0.2, 0) is 6.54 Å². The molecule has 2 heterocycles. The SMILES string of the molecule is Fc1ccc2c(CN3CCCCCC3)c[nH]c2c1. The number of nitrogens with zero attached hydrogens (tertiary/aromatic N) is 1. The van der Waals surface area contributed by atoms with E-state index in [1.807, 2.05) is 12.3 Å². The maximum atomic E-state index is 13.1. The summed E-state index contributed by atoms with van der Waals surface area (Å²) in [4.78, 5) is 5.68. The predicted octanol–water partition coefficient (Wildman–Crippen LogP) is 3.68. The van der Waals surface area contributed by atoms with Crippen LogP contribution in [0.3, 0.4) is 0 Å². The van der Waals surface area contributed by atoms with Gasteiger partial charge in [-0.3, -0.25) is 4.90 Å². The van der Waals surface area contributed by atoms with Crippen LogP contribution in [-0.4, -0.2) is 23.0 Å². The molecule has 1 N–H and O–H groups in total. The minimum Gasteiger partial charge on any atom is -0.361 e. The van der Waals surface area contributed by atoms with Crippen LogP contribution in [0.4, 0.5) is 4.39 Å². The van der Waals surface area contributed by atoms with Crippen molar-refractivity contribution in [3.8, 4) is 0 Å². The summed E-state index contributed by atoms with van der Waals surface area (Å²) in [7, 11) is 0. The summed E-state index contributed by atoms with van der Waals surface area (Å²) in [5.74, 6) is -0.175. The lowest BCUT2D eigenvalue weighted by Gasteiger charge is -2.19. The number of fused-ring (bicyclic) bond motifs is 1. The fraction of sp³-hybridized carbons (Fsp3) is 0.467. The quantitative estimate of drug-likeness (QED) is 0.856. The Morgan fingerprint density at radius 3 is 2.67 bits per heavy atom. The number of hydrogen-bond acceptors (Lipinski definition) is 1. The molecule has 1 aliphatic rings. The van der Waals surface area contributed by atoms with E-state index in [1.165, 1.54) is 44.3 Å². The van der Waals surface area contributed by atoms with Gasteiger partial charge in [-0.2, -0.15) is 0 Å². The van der Waals surface area contributed by atoms with Crippen molar-refractivity contribution in [3.05, 3.63) is 35.8 Å². The van der Waals surface area contributed by atoms with Gasteiger partial charge in [0, 0.05) is 23.6 Å². The van der Waals surface area contributed by atoms with E-state index < -0.39 is 0 Å². The van der Waals surface area contributed by atoms with E-state index in [2.05, 4.69) is 9.88 Å². The van der Waals surface area contributed by atoms with E-state index in [0.717, 1.165) is 17.4 Å². The summed E-state index contributed by atoms with van der Waals surface area (Å²) < 4.78 is 13.1. The average molecular weight is 246 g/mol. The molecule has 0 bridgehead atoms. The van der Waals surface area contributed by atoms with E-state index in [1.54, 1.807) is 12.1 Å². The van der Waals surface area contributed by atoms with Gasteiger partial charge in [-0.1, -0.05) is 12.8 Å². The van der Waals surface area contributed by atoms with Crippen LogP contribution >= 0.6 is 0 Å². The van der Waals surface area contributed by atoms with E-state index in [0.29, 0.717) is 0 Å². The third kappa shape index (κ3) is 2.41. The highest BCUT2D eigenvalue weighted by molar-refractivity contribution is 5.83. The molecule has 1 saturated heterocycles. The molecule has 2 nitrogen and oxygen atoms in total. The van der Waals surface area contributed by atoms with Crippen molar-refractivity contribution in [1.29, 1.82) is 0 Å². The smallest absolute Gasteiger partial charge is 0.125 e. The molecule has 0 spiro atoms. The third-order valence-corrected chi connectivity index (χ3v) is 3.82. The summed E-state index contributed by atoms with van der Waals surface area (Å²) >= 11 is 0. The minimum absolute atomic E-state index is 0.175. The van der Waals surface area contributed by atoms with Crippen LogP contribution in [0.25, 0.3) is 10.9 Å². The van der Waals surface area contributed by atoms with Gasteiger partial charge in [0.15, 0.2) is 0 Å². The zero-order valence-corrected chi connectivity index (χ0v) is 10.6. The van der Waals surface area contributed by atoms with Crippen molar-refractivity contribution >= 4 is 10.9 Å². The molecule has 1 fully saturated rings. The summed E-state index contributed by atoms with van der Waals surface area (Å²) in [5, 5.41) is 1.15. The maximum Gasteiger partial charge on any atom is 0.125 e. The standard InChI is InChI=1S/C15H19FN2/c16-13-5-6-14-12(10-17-15(14)9-13)11-18-7-3-1-2-4-8-18/h5-6,9-10,17H,1-4,7-8,11H2. The summed E-state index contributed by atoms with van der Waals surface area (Å²) in [5.41, 5.74) is 2.19. The van der Waals surface area contributed by atoms with Crippen molar-refractivity contribution in [2.24, 2.45) is 0 Å². The highest BCUT2D eigenvalue weighted by Gasteiger charge is 2.12. The normalized spacial score (nSPS) is 18.1. The Balaban J connectivity index is 1.81. The van der Waals surface area contributed by atoms with Gasteiger partial charge in [0.2, 0.25) is 0 Å². The number of halogens is 1. The summed E-state index contributed by atoms with van der Waals surface area (Å²) in [6, 6.07) is 5.00. The van der Waals surface area contributed by atoms with Gasteiger partial charge in [-0.05, 0) is 49.7 Å². The first kappa shape index (κ1) is 11.7. The number of nitrogens with one attached hydrogen (secondary N) is 1. The molecular weight excluding hydrogens is 227 g/mol. The Morgan fingerprint density at radius 2 is 1.89 bits per heavy atom. The average Bonchev–Trinajstić information content (AvgIpc) is 2.59. The molecule has 0 unspecified atom stereocenters. The zero-order chi connectivity index (χ0) is 12.4. The number of benzene rings is 1. The third-order valence-electron chi connectivity index (χ3n) is 3.82. The van der Waals surface area contributed by atoms with Crippen molar-refractivity contribution in [1.82, 2.24) is 9.88 Å². The van der Waals surface area contributed by atoms with E-state index in [4.69, 9.17) is 0 Å². The van der Waals surface area contributed by atoms with Crippen LogP contribution in [0, 0.1) is 5.82 Å². The topological polar surface area (TPSA) is 19.0 Å². The Hall–Kier alpha value is -1.35. The first-order chi connectivity index (χ1) is 8.83. The maximum absolute atomic E-state index is 13.1. The van der Waals surface area contributed by atoms with Crippen LogP contribution in [0.1, 0.15) is 31.2 Å². The summed E-state index contributed by atoms with van der Waals surface area (Å²) in [6.45, 7) is 3.35. The predicted molar refractivity (Wildman–Crippen MR) is 72.0 cm³/mol. The lowest BCUT2D eigenvalue weighted by Crippen LogP contribution is -2.23. The van der Waals surface area contributed by atoms with Crippen LogP contribution in [0.15, 0.2) is 24.4 Å². The Kier molecular flexibility index (Phi) is 3.33. The monoisotopic (exact) mass is 246 g/mol. The molecule has 1 aromatic carbocycles. The van der Waals surface area contributed by atoms with Gasteiger partial charge in [-0.15, -0.1) is 0 Å². The molecule has 0 atom stereocenters. The number of aromatic nitrogens is 1. The molecule has 0 radical (unpaired) electrons. The Bertz CT molecular complexity index is 524. The number of aromatic amines is 1. The highest BCUT2D eigenvalue weighted by Crippen LogP contribution is 2.22. The van der Waals surface area contributed by atoms with Crippen molar-refractivity contribution in [2.75, 3.05) is 13.1 Å². The van der Waals surface area contributed by atoms with Crippen molar-refractivity contribution in [3.63, 3.8) is 0 Å². The van der Waals surface area contributed by atoms with Gasteiger partial charge >= 0.3 is 0 Å². The molecule has 3 rings (SSSR count). The second-order valence-corrected chi connectivity index (χ2v) is 5.19. The van der Waals surface area contributed by atoms with Crippen molar-refractivity contribution in [2.45, 2.75) is 32.2 Å². The molecule has 2 aromatic rings. The van der Waals surface area contributed by atoms with Crippen molar-refractivity contribution < 1.29 is 4.39 Å². The molecular formula is C15H19FN2. The lowest BCUT2D eigenvalue weighted by molar-refractivity contribution is 0.278. The fourth-order valence-electron chi connectivity index (χ4n) is 2.82. The number of likely N-dealkylation sites (tertiary alicyclic amines) is 1. The van der Waals surface area contributed by atoms with Crippen LogP contribution in [0.2, 0.25) is 0 Å². The van der Waals surface area contributed by atoms with Gasteiger partial charge in [0.05, 0.1) is 0 Å². The molecule has 18 heavy (non-hydrogen) atoms. The van der Waals surface area contributed by atoms with E-state index >= 15 is 0 Å². The molecule has 0 amide bonds. The number of hydrogen-bond donors (Lipinski definition) is 1. The van der Waals surface area contributed by atoms with Gasteiger partial charge in [0.1, 0.15) is 5.82 Å². The fourth-order valence-corrected chi connectivity index (χ4v) is 2.82. The Morgan fingerprint density at radius 1 is 1.11 bits per heavy atom. The second kappa shape index (κ2) is 5.11. The molecule has 0 saturated carbocycles. The van der Waals surface area contributed by atoms with Crippen LogP contribution in [0.5, 0.6) is 0 Å². The number of H-pyrrole nitrogens is 1. The van der Waals surface area contributed by atoms with Gasteiger partial charge in [-0.25, -0.2) is 4.39 Å². The Labute approximate surface area is 107 Å². The second-order valence-electron chi connectivity index (χ2n) is 5.19. The highest BCUT2D eigenvalue weighted by atomic mass is 19.1. The summed E-state index contributed by atoms with van der Waals surface area (Å²) in [6.07, 6.45) is 7.34. The molecule has 1 aromatic heterocycles. The zero-order valence-electron chi connectivity index (χ0n) is 10.6. The molecule has 1 aliphatic heterocycles. The van der Waals surface area contributed by atoms with Crippen LogP contribution < -0.4 is 0 Å². The van der Waals surface area contributed by atoms with E-state index in [9.17, 15) is 4.39 Å². The first-order valence-electron chi connectivity index (χ1n) is 6.81. The molecule has 96 valence electrons. The molecule has 0 aliphatic carbocycles. The largest absolute Gasteiger partial charge is 0.361 e. The van der Waals surface area contributed by atoms with Gasteiger partial charge in [0.25, 0.3) is 0 Å². The molecule has 3 heteroatoms.